The minimum Gasteiger partial charge on any atom is -0.324 e. The van der Waals surface area contributed by atoms with Crippen molar-refractivity contribution in [3.8, 4) is 0 Å². The molecule has 0 spiro atoms. The van der Waals surface area contributed by atoms with E-state index in [1.54, 1.807) is 12.3 Å². The molecule has 0 radical (unpaired) electrons. The lowest BCUT2D eigenvalue weighted by atomic mass is 9.99. The maximum Gasteiger partial charge on any atom is 0.129 e. The van der Waals surface area contributed by atoms with Crippen molar-refractivity contribution >= 4 is 11.6 Å². The van der Waals surface area contributed by atoms with Crippen LogP contribution >= 0.6 is 11.6 Å². The second-order valence-corrected chi connectivity index (χ2v) is 3.57. The average molecular weight is 185 g/mol. The van der Waals surface area contributed by atoms with Gasteiger partial charge >= 0.3 is 0 Å². The van der Waals surface area contributed by atoms with Gasteiger partial charge in [-0.1, -0.05) is 31.5 Å². The normalized spacial score (nSPS) is 13.4. The minimum atomic E-state index is 0.0507. The van der Waals surface area contributed by atoms with Crippen molar-refractivity contribution in [2.45, 2.75) is 19.9 Å². The van der Waals surface area contributed by atoms with Gasteiger partial charge in [-0.05, 0) is 17.5 Å². The maximum atomic E-state index is 5.90. The molecule has 0 bridgehead atoms. The molecule has 2 N–H and O–H groups in total. The highest BCUT2D eigenvalue weighted by Crippen LogP contribution is 2.18. The summed E-state index contributed by atoms with van der Waals surface area (Å²) in [6.07, 6.45) is 1.73. The molecule has 1 aromatic heterocycles. The third kappa shape index (κ3) is 2.19. The first-order valence-corrected chi connectivity index (χ1v) is 4.36. The fraction of sp³-hybridized carbons (Fsp3) is 0.444. The van der Waals surface area contributed by atoms with Crippen LogP contribution in [0.15, 0.2) is 18.3 Å². The lowest BCUT2D eigenvalue weighted by Crippen LogP contribution is -2.16. The Kier molecular flexibility index (Phi) is 3.06. The number of pyridine rings is 1. The molecular formula is C9H13ClN2. The fourth-order valence-corrected chi connectivity index (χ4v) is 1.08. The molecule has 12 heavy (non-hydrogen) atoms. The van der Waals surface area contributed by atoms with E-state index in [1.807, 2.05) is 6.07 Å². The number of aromatic nitrogens is 1. The van der Waals surface area contributed by atoms with Gasteiger partial charge in [-0.2, -0.15) is 0 Å². The van der Waals surface area contributed by atoms with Gasteiger partial charge in [0.15, 0.2) is 0 Å². The van der Waals surface area contributed by atoms with Crippen molar-refractivity contribution in [2.24, 2.45) is 11.7 Å². The minimum absolute atomic E-state index is 0.0507. The first-order valence-electron chi connectivity index (χ1n) is 3.98. The first kappa shape index (κ1) is 9.49. The standard InChI is InChI=1S/C9H13ClN2/c1-6(2)9(11)7-3-4-8(10)12-5-7/h3-6,9H,11H2,1-2H3/t9-/m0/s1. The van der Waals surface area contributed by atoms with E-state index in [-0.39, 0.29) is 6.04 Å². The molecule has 66 valence electrons. The van der Waals surface area contributed by atoms with Gasteiger partial charge in [0, 0.05) is 12.2 Å². The Hall–Kier alpha value is -0.600. The zero-order valence-electron chi connectivity index (χ0n) is 7.29. The number of halogens is 1. The molecule has 0 saturated carbocycles. The molecule has 0 aromatic carbocycles. The summed E-state index contributed by atoms with van der Waals surface area (Å²) >= 11 is 5.64. The van der Waals surface area contributed by atoms with Crippen LogP contribution in [0.3, 0.4) is 0 Å². The molecule has 0 unspecified atom stereocenters. The van der Waals surface area contributed by atoms with Crippen LogP contribution in [0.4, 0.5) is 0 Å². The average Bonchev–Trinajstić information content (AvgIpc) is 2.04. The third-order valence-corrected chi connectivity index (χ3v) is 2.08. The molecule has 0 aliphatic carbocycles. The fourth-order valence-electron chi connectivity index (χ4n) is 0.969. The van der Waals surface area contributed by atoms with Gasteiger partial charge in [0.2, 0.25) is 0 Å². The van der Waals surface area contributed by atoms with E-state index in [1.165, 1.54) is 0 Å². The van der Waals surface area contributed by atoms with E-state index in [9.17, 15) is 0 Å². The molecule has 0 aliphatic rings. The van der Waals surface area contributed by atoms with Gasteiger partial charge in [-0.3, -0.25) is 0 Å². The van der Waals surface area contributed by atoms with Crippen molar-refractivity contribution in [2.75, 3.05) is 0 Å². The molecule has 1 heterocycles. The molecule has 1 rings (SSSR count). The summed E-state index contributed by atoms with van der Waals surface area (Å²) in [6.45, 7) is 4.17. The molecule has 0 saturated heterocycles. The Balaban J connectivity index is 2.82. The quantitative estimate of drug-likeness (QED) is 0.717. The van der Waals surface area contributed by atoms with Crippen LogP contribution < -0.4 is 5.73 Å². The Morgan fingerprint density at radius 2 is 2.08 bits per heavy atom. The number of hydrogen-bond donors (Lipinski definition) is 1. The van der Waals surface area contributed by atoms with Gasteiger partial charge in [-0.25, -0.2) is 4.98 Å². The molecule has 0 aliphatic heterocycles. The van der Waals surface area contributed by atoms with Crippen molar-refractivity contribution < 1.29 is 0 Å². The largest absolute Gasteiger partial charge is 0.324 e. The van der Waals surface area contributed by atoms with Crippen molar-refractivity contribution in [3.63, 3.8) is 0 Å². The molecule has 0 amide bonds. The molecule has 1 aromatic rings. The number of nitrogens with zero attached hydrogens (tertiary/aromatic N) is 1. The second kappa shape index (κ2) is 3.87. The van der Waals surface area contributed by atoms with Crippen molar-refractivity contribution in [3.05, 3.63) is 29.0 Å². The summed E-state index contributed by atoms with van der Waals surface area (Å²) in [4.78, 5) is 3.97. The van der Waals surface area contributed by atoms with Gasteiger partial charge in [0.25, 0.3) is 0 Å². The summed E-state index contributed by atoms with van der Waals surface area (Å²) in [7, 11) is 0. The highest BCUT2D eigenvalue weighted by atomic mass is 35.5. The third-order valence-electron chi connectivity index (χ3n) is 1.85. The van der Waals surface area contributed by atoms with E-state index >= 15 is 0 Å². The van der Waals surface area contributed by atoms with Crippen molar-refractivity contribution in [1.29, 1.82) is 0 Å². The van der Waals surface area contributed by atoms with Crippen molar-refractivity contribution in [1.82, 2.24) is 4.98 Å². The van der Waals surface area contributed by atoms with Gasteiger partial charge in [0.05, 0.1) is 0 Å². The topological polar surface area (TPSA) is 38.9 Å². The van der Waals surface area contributed by atoms with Crippen LogP contribution in [-0.4, -0.2) is 4.98 Å². The summed E-state index contributed by atoms with van der Waals surface area (Å²) in [5, 5.41) is 0.509. The van der Waals surface area contributed by atoms with Crippen LogP contribution in [0.5, 0.6) is 0 Å². The first-order chi connectivity index (χ1) is 5.61. The van der Waals surface area contributed by atoms with E-state index < -0.39 is 0 Å². The van der Waals surface area contributed by atoms with E-state index in [0.717, 1.165) is 5.56 Å². The predicted molar refractivity (Wildman–Crippen MR) is 51.0 cm³/mol. The Labute approximate surface area is 77.8 Å². The van der Waals surface area contributed by atoms with Gasteiger partial charge in [0.1, 0.15) is 5.15 Å². The predicted octanol–water partition coefficient (Wildman–Crippen LogP) is 2.39. The zero-order valence-corrected chi connectivity index (χ0v) is 8.05. The summed E-state index contributed by atoms with van der Waals surface area (Å²) in [5.74, 6) is 0.424. The Morgan fingerprint density at radius 3 is 2.50 bits per heavy atom. The lowest BCUT2D eigenvalue weighted by molar-refractivity contribution is 0.513. The molecule has 0 fully saturated rings. The molecule has 3 heteroatoms. The van der Waals surface area contributed by atoms with Gasteiger partial charge in [-0.15, -0.1) is 0 Å². The SMILES string of the molecule is CC(C)[C@H](N)c1ccc(Cl)nc1. The second-order valence-electron chi connectivity index (χ2n) is 3.18. The number of hydrogen-bond acceptors (Lipinski definition) is 2. The highest BCUT2D eigenvalue weighted by molar-refractivity contribution is 6.29. The molecular weight excluding hydrogens is 172 g/mol. The van der Waals surface area contributed by atoms with Crippen LogP contribution in [0.25, 0.3) is 0 Å². The van der Waals surface area contributed by atoms with E-state index in [2.05, 4.69) is 18.8 Å². The number of rotatable bonds is 2. The Morgan fingerprint density at radius 1 is 1.42 bits per heavy atom. The molecule has 2 nitrogen and oxygen atoms in total. The zero-order chi connectivity index (χ0) is 9.14. The van der Waals surface area contributed by atoms with Crippen LogP contribution in [0.1, 0.15) is 25.5 Å². The van der Waals surface area contributed by atoms with E-state index in [0.29, 0.717) is 11.1 Å². The van der Waals surface area contributed by atoms with Crippen LogP contribution in [0, 0.1) is 5.92 Å². The summed E-state index contributed by atoms with van der Waals surface area (Å²) in [6, 6.07) is 3.73. The monoisotopic (exact) mass is 184 g/mol. The van der Waals surface area contributed by atoms with Gasteiger partial charge < -0.3 is 5.73 Å². The highest BCUT2D eigenvalue weighted by Gasteiger charge is 2.09. The number of nitrogens with two attached hydrogens (primary N) is 1. The summed E-state index contributed by atoms with van der Waals surface area (Å²) < 4.78 is 0. The van der Waals surface area contributed by atoms with E-state index in [4.69, 9.17) is 17.3 Å². The van der Waals surface area contributed by atoms with Crippen LogP contribution in [0.2, 0.25) is 5.15 Å². The molecule has 1 atom stereocenters. The Bertz CT molecular complexity index is 243. The smallest absolute Gasteiger partial charge is 0.129 e. The van der Waals surface area contributed by atoms with Crippen LogP contribution in [-0.2, 0) is 0 Å². The lowest BCUT2D eigenvalue weighted by Gasteiger charge is -2.14. The maximum absolute atomic E-state index is 5.90. The summed E-state index contributed by atoms with van der Waals surface area (Å²) in [5.41, 5.74) is 6.94.